The third-order valence-corrected chi connectivity index (χ3v) is 7.13. The van der Waals surface area contributed by atoms with Gasteiger partial charge in [0.1, 0.15) is 11.8 Å². The molecule has 3 atom stereocenters. The van der Waals surface area contributed by atoms with Gasteiger partial charge in [-0.05, 0) is 25.8 Å². The lowest BCUT2D eigenvalue weighted by atomic mass is 10.00. The van der Waals surface area contributed by atoms with Crippen LogP contribution in [-0.2, 0) is 16.0 Å². The van der Waals surface area contributed by atoms with E-state index in [2.05, 4.69) is 30.8 Å². The van der Waals surface area contributed by atoms with Crippen LogP contribution in [0.3, 0.4) is 0 Å². The summed E-state index contributed by atoms with van der Waals surface area (Å²) in [6.07, 6.45) is -3.50. The molecule has 0 unspecified atom stereocenters. The molecule has 2 aliphatic heterocycles. The quantitative estimate of drug-likeness (QED) is 0.392. The third kappa shape index (κ3) is 4.99. The number of amides is 1. The first-order valence-corrected chi connectivity index (χ1v) is 12.3. The summed E-state index contributed by atoms with van der Waals surface area (Å²) >= 11 is 0. The highest BCUT2D eigenvalue weighted by atomic mass is 19.4. The monoisotopic (exact) mass is 538 g/mol. The van der Waals surface area contributed by atoms with Gasteiger partial charge in [0.25, 0.3) is 0 Å². The minimum absolute atomic E-state index is 0.0501. The lowest BCUT2D eigenvalue weighted by Crippen LogP contribution is -2.52. The number of nitrogens with one attached hydrogen (secondary N) is 3. The summed E-state index contributed by atoms with van der Waals surface area (Å²) in [5.41, 5.74) is 1.25. The van der Waals surface area contributed by atoms with E-state index in [-0.39, 0.29) is 31.8 Å². The van der Waals surface area contributed by atoms with Crippen LogP contribution in [-0.4, -0.2) is 79.2 Å². The number of ether oxygens (including phenoxy) is 2. The van der Waals surface area contributed by atoms with Gasteiger partial charge in [0, 0.05) is 43.6 Å². The normalized spacial score (nSPS) is 25.3. The van der Waals surface area contributed by atoms with Crippen LogP contribution in [0.25, 0.3) is 5.65 Å². The van der Waals surface area contributed by atoms with Gasteiger partial charge in [-0.2, -0.15) is 18.3 Å². The lowest BCUT2D eigenvalue weighted by molar-refractivity contribution is -0.210. The number of alkyl halides is 4. The molecule has 3 aliphatic rings. The number of fused-ring (bicyclic) bond motifs is 1. The van der Waals surface area contributed by atoms with Gasteiger partial charge in [-0.15, -0.1) is 0 Å². The number of hydrogen-bond acceptors (Lipinski definition) is 8. The highest BCUT2D eigenvalue weighted by molar-refractivity contribution is 5.69. The summed E-state index contributed by atoms with van der Waals surface area (Å²) in [4.78, 5) is 22.5. The number of hydrogen-bond donors (Lipinski definition) is 3. The van der Waals surface area contributed by atoms with Crippen molar-refractivity contribution in [1.29, 1.82) is 0 Å². The maximum absolute atomic E-state index is 15.0. The summed E-state index contributed by atoms with van der Waals surface area (Å²) in [5.74, 6) is -0.595. The van der Waals surface area contributed by atoms with E-state index in [4.69, 9.17) is 9.47 Å². The zero-order valence-electron chi connectivity index (χ0n) is 20.3. The molecule has 3 aromatic heterocycles. The molecule has 2 saturated heterocycles. The Kier molecular flexibility index (Phi) is 5.94. The van der Waals surface area contributed by atoms with E-state index in [0.29, 0.717) is 28.8 Å². The Morgan fingerprint density at radius 1 is 1.34 bits per heavy atom. The number of anilines is 2. The van der Waals surface area contributed by atoms with Gasteiger partial charge in [-0.3, -0.25) is 14.4 Å². The van der Waals surface area contributed by atoms with Crippen molar-refractivity contribution in [2.45, 2.75) is 56.4 Å². The van der Waals surface area contributed by atoms with Crippen molar-refractivity contribution in [3.8, 4) is 0 Å². The number of rotatable bonds is 7. The molecule has 204 valence electrons. The van der Waals surface area contributed by atoms with Gasteiger partial charge in [0.2, 0.25) is 5.95 Å². The van der Waals surface area contributed by atoms with Crippen LogP contribution in [0, 0.1) is 5.92 Å². The molecule has 1 amide bonds. The van der Waals surface area contributed by atoms with E-state index in [0.717, 1.165) is 12.8 Å². The Balaban J connectivity index is 1.08. The molecule has 0 aromatic carbocycles. The smallest absolute Gasteiger partial charge is 0.408 e. The lowest BCUT2D eigenvalue weighted by Gasteiger charge is -2.39. The minimum atomic E-state index is -4.18. The topological polar surface area (TPSA) is 122 Å². The number of aromatic amines is 1. The second-order valence-corrected chi connectivity index (χ2v) is 10.3. The largest absolute Gasteiger partial charge is 0.441 e. The SMILES string of the molecule is CC1(NC(=O)O[C@H]2CO[C@@H](c3cc(Nc4nccc5nc(CN6CC(C(F)(F)F)C6)cn45)n[nH]3)[C@H]2F)CC1. The number of halogens is 4. The molecule has 3 fully saturated rings. The molecule has 38 heavy (non-hydrogen) atoms. The second kappa shape index (κ2) is 9.08. The number of likely N-dealkylation sites (tertiary alicyclic amines) is 1. The van der Waals surface area contributed by atoms with Crippen LogP contribution < -0.4 is 10.6 Å². The fourth-order valence-corrected chi connectivity index (χ4v) is 4.60. The molecule has 3 aromatic rings. The zero-order valence-corrected chi connectivity index (χ0v) is 20.3. The average Bonchev–Trinajstić information content (AvgIpc) is 3.17. The second-order valence-electron chi connectivity index (χ2n) is 10.3. The van der Waals surface area contributed by atoms with E-state index >= 15 is 4.39 Å². The molecule has 3 N–H and O–H groups in total. The van der Waals surface area contributed by atoms with Crippen molar-refractivity contribution in [1.82, 2.24) is 34.8 Å². The average molecular weight is 539 g/mol. The maximum atomic E-state index is 15.0. The van der Waals surface area contributed by atoms with Gasteiger partial charge >= 0.3 is 12.3 Å². The number of nitrogens with zero attached hydrogens (tertiary/aromatic N) is 5. The predicted octanol–water partition coefficient (Wildman–Crippen LogP) is 3.25. The van der Waals surface area contributed by atoms with E-state index in [1.165, 1.54) is 6.20 Å². The standard InChI is InChI=1S/C23H26F4N8O3/c1-22(3-4-22)31-21(36)38-15-11-37-19(18(15)24)14-6-16(33-32-14)30-20-28-5-2-17-29-13(10-35(17)20)9-34-7-12(8-34)23(25,26)27/h2,5-6,10,12,15,18-19H,3-4,7-9,11H2,1H3,(H,31,36)(H2,28,30,32,33)/t15-,18-,19-/m0/s1. The maximum Gasteiger partial charge on any atom is 0.408 e. The fourth-order valence-electron chi connectivity index (χ4n) is 4.60. The van der Waals surface area contributed by atoms with Crippen LogP contribution >= 0.6 is 0 Å². The van der Waals surface area contributed by atoms with E-state index in [9.17, 15) is 18.0 Å². The Morgan fingerprint density at radius 2 is 2.13 bits per heavy atom. The summed E-state index contributed by atoms with van der Waals surface area (Å²) in [6, 6.07) is 3.25. The molecule has 0 radical (unpaired) electrons. The number of carbonyl (C=O) groups is 1. The molecule has 1 saturated carbocycles. The van der Waals surface area contributed by atoms with E-state index in [1.54, 1.807) is 27.6 Å². The highest BCUT2D eigenvalue weighted by Gasteiger charge is 2.47. The van der Waals surface area contributed by atoms with Gasteiger partial charge in [-0.1, -0.05) is 0 Å². The van der Waals surface area contributed by atoms with Crippen molar-refractivity contribution >= 4 is 23.5 Å². The first kappa shape index (κ1) is 24.9. The van der Waals surface area contributed by atoms with Crippen LogP contribution in [0.5, 0.6) is 0 Å². The van der Waals surface area contributed by atoms with Gasteiger partial charge in [0.15, 0.2) is 18.1 Å². The third-order valence-electron chi connectivity index (χ3n) is 7.13. The highest BCUT2D eigenvalue weighted by Crippen LogP contribution is 2.36. The summed E-state index contributed by atoms with van der Waals surface area (Å²) in [5, 5.41) is 12.7. The molecular formula is C23H26F4N8O3. The fraction of sp³-hybridized carbons (Fsp3) is 0.565. The summed E-state index contributed by atoms with van der Waals surface area (Å²) < 4.78 is 65.8. The Labute approximate surface area is 213 Å². The van der Waals surface area contributed by atoms with Gasteiger partial charge in [0.05, 0.1) is 23.9 Å². The van der Waals surface area contributed by atoms with Crippen molar-refractivity contribution in [3.63, 3.8) is 0 Å². The van der Waals surface area contributed by atoms with Gasteiger partial charge < -0.3 is 20.1 Å². The number of aromatic nitrogens is 5. The molecule has 15 heteroatoms. The Bertz CT molecular complexity index is 1330. The Hall–Kier alpha value is -3.46. The number of H-pyrrole nitrogens is 1. The predicted molar refractivity (Wildman–Crippen MR) is 124 cm³/mol. The van der Waals surface area contributed by atoms with Crippen molar-refractivity contribution in [3.05, 3.63) is 35.9 Å². The number of imidazole rings is 1. The van der Waals surface area contributed by atoms with Crippen LogP contribution in [0.1, 0.15) is 37.3 Å². The van der Waals surface area contributed by atoms with Crippen molar-refractivity contribution in [2.24, 2.45) is 5.92 Å². The minimum Gasteiger partial charge on any atom is -0.441 e. The first-order valence-electron chi connectivity index (χ1n) is 12.3. The molecule has 5 heterocycles. The summed E-state index contributed by atoms with van der Waals surface area (Å²) in [7, 11) is 0. The van der Waals surface area contributed by atoms with Gasteiger partial charge in [-0.25, -0.2) is 19.2 Å². The van der Waals surface area contributed by atoms with Crippen LogP contribution in [0.4, 0.5) is 34.1 Å². The molecule has 0 spiro atoms. The molecule has 11 nitrogen and oxygen atoms in total. The zero-order chi connectivity index (χ0) is 26.7. The van der Waals surface area contributed by atoms with Crippen molar-refractivity contribution < 1.29 is 31.8 Å². The van der Waals surface area contributed by atoms with E-state index < -0.39 is 36.6 Å². The van der Waals surface area contributed by atoms with Crippen LogP contribution in [0.2, 0.25) is 0 Å². The van der Waals surface area contributed by atoms with Crippen LogP contribution in [0.15, 0.2) is 24.5 Å². The molecular weight excluding hydrogens is 512 g/mol. The molecule has 6 rings (SSSR count). The number of carbonyl (C=O) groups excluding carboxylic acids is 1. The first-order chi connectivity index (χ1) is 18.1. The van der Waals surface area contributed by atoms with E-state index in [1.807, 2.05) is 6.92 Å². The Morgan fingerprint density at radius 3 is 2.87 bits per heavy atom. The van der Waals surface area contributed by atoms with Crippen molar-refractivity contribution in [2.75, 3.05) is 25.0 Å². The molecule has 0 bridgehead atoms. The molecule has 1 aliphatic carbocycles. The summed E-state index contributed by atoms with van der Waals surface area (Å²) in [6.45, 7) is 2.00. The number of alkyl carbamates (subject to hydrolysis) is 1.